The minimum Gasteiger partial charge on any atom is -0.334 e. The summed E-state index contributed by atoms with van der Waals surface area (Å²) in [4.78, 5) is 11.8. The van der Waals surface area contributed by atoms with E-state index in [1.54, 1.807) is 18.2 Å². The number of hydrogen-bond acceptors (Lipinski definition) is 1. The number of halogens is 3. The Kier molecular flexibility index (Phi) is 5.51. The lowest BCUT2D eigenvalue weighted by Gasteiger charge is -2.09. The Morgan fingerprint density at radius 1 is 1.15 bits per heavy atom. The first-order chi connectivity index (χ1) is 9.54. The van der Waals surface area contributed by atoms with Gasteiger partial charge in [-0.2, -0.15) is 0 Å². The Labute approximate surface area is 140 Å². The molecule has 0 aliphatic carbocycles. The SMILES string of the molecule is O=C(NCc1cccc(I)c1)Nc1ccc(Cl)cc1Cl. The number of carbonyl (C=O) groups is 1. The maximum absolute atomic E-state index is 11.8. The van der Waals surface area contributed by atoms with Crippen molar-refractivity contribution < 1.29 is 4.79 Å². The van der Waals surface area contributed by atoms with E-state index in [1.807, 2.05) is 24.3 Å². The number of urea groups is 1. The van der Waals surface area contributed by atoms with E-state index in [-0.39, 0.29) is 6.03 Å². The predicted octanol–water partition coefficient (Wildman–Crippen LogP) is 4.92. The number of rotatable bonds is 3. The Morgan fingerprint density at radius 2 is 1.95 bits per heavy atom. The molecule has 3 nitrogen and oxygen atoms in total. The largest absolute Gasteiger partial charge is 0.334 e. The maximum Gasteiger partial charge on any atom is 0.319 e. The molecular formula is C14H11Cl2IN2O. The second-order valence-electron chi connectivity index (χ2n) is 4.06. The smallest absolute Gasteiger partial charge is 0.319 e. The maximum atomic E-state index is 11.8. The first kappa shape index (κ1) is 15.4. The molecule has 104 valence electrons. The average Bonchev–Trinajstić information content (AvgIpc) is 2.40. The number of nitrogens with one attached hydrogen (secondary N) is 2. The molecule has 0 aromatic heterocycles. The molecule has 0 aliphatic rings. The fourth-order valence-electron chi connectivity index (χ4n) is 1.59. The van der Waals surface area contributed by atoms with E-state index in [0.717, 1.165) is 9.13 Å². The quantitative estimate of drug-likeness (QED) is 0.680. The van der Waals surface area contributed by atoms with Gasteiger partial charge < -0.3 is 10.6 Å². The van der Waals surface area contributed by atoms with Gasteiger partial charge in [0, 0.05) is 15.1 Å². The Balaban J connectivity index is 1.92. The summed E-state index contributed by atoms with van der Waals surface area (Å²) in [5.41, 5.74) is 1.56. The monoisotopic (exact) mass is 420 g/mol. The van der Waals surface area contributed by atoms with Crippen LogP contribution in [0.3, 0.4) is 0 Å². The number of carbonyl (C=O) groups excluding carboxylic acids is 1. The van der Waals surface area contributed by atoms with E-state index in [1.165, 1.54) is 0 Å². The number of amides is 2. The zero-order valence-corrected chi connectivity index (χ0v) is 14.0. The summed E-state index contributed by atoms with van der Waals surface area (Å²) in [5, 5.41) is 6.38. The van der Waals surface area contributed by atoms with Gasteiger partial charge in [-0.25, -0.2) is 4.79 Å². The van der Waals surface area contributed by atoms with Crippen LogP contribution in [0.1, 0.15) is 5.56 Å². The topological polar surface area (TPSA) is 41.1 Å². The van der Waals surface area contributed by atoms with Gasteiger partial charge in [-0.3, -0.25) is 0 Å². The lowest BCUT2D eigenvalue weighted by atomic mass is 10.2. The van der Waals surface area contributed by atoms with Crippen molar-refractivity contribution in [3.8, 4) is 0 Å². The summed E-state index contributed by atoms with van der Waals surface area (Å²) >= 11 is 14.0. The van der Waals surface area contributed by atoms with E-state index in [0.29, 0.717) is 22.3 Å². The summed E-state index contributed by atoms with van der Waals surface area (Å²) in [6, 6.07) is 12.5. The van der Waals surface area contributed by atoms with E-state index < -0.39 is 0 Å². The van der Waals surface area contributed by atoms with Crippen molar-refractivity contribution in [3.63, 3.8) is 0 Å². The number of benzene rings is 2. The van der Waals surface area contributed by atoms with Gasteiger partial charge in [0.15, 0.2) is 0 Å². The van der Waals surface area contributed by atoms with Crippen molar-refractivity contribution in [2.24, 2.45) is 0 Å². The second-order valence-corrected chi connectivity index (χ2v) is 6.15. The van der Waals surface area contributed by atoms with Crippen molar-refractivity contribution in [2.45, 2.75) is 6.54 Å². The van der Waals surface area contributed by atoms with Gasteiger partial charge in [0.2, 0.25) is 0 Å². The molecule has 0 unspecified atom stereocenters. The van der Waals surface area contributed by atoms with Crippen LogP contribution in [0.4, 0.5) is 10.5 Å². The highest BCUT2D eigenvalue weighted by Gasteiger charge is 2.06. The van der Waals surface area contributed by atoms with Crippen LogP contribution in [0.5, 0.6) is 0 Å². The minimum atomic E-state index is -0.312. The van der Waals surface area contributed by atoms with E-state index in [2.05, 4.69) is 33.2 Å². The molecule has 0 heterocycles. The molecule has 0 aliphatic heterocycles. The molecule has 2 aromatic rings. The third kappa shape index (κ3) is 4.54. The zero-order valence-electron chi connectivity index (χ0n) is 10.3. The van der Waals surface area contributed by atoms with Crippen LogP contribution in [0, 0.1) is 3.57 Å². The molecule has 0 saturated carbocycles. The first-order valence-corrected chi connectivity index (χ1v) is 7.62. The van der Waals surface area contributed by atoms with Gasteiger partial charge in [0.05, 0.1) is 10.7 Å². The summed E-state index contributed by atoms with van der Waals surface area (Å²) in [6.07, 6.45) is 0. The fourth-order valence-corrected chi connectivity index (χ4v) is 2.65. The molecule has 20 heavy (non-hydrogen) atoms. The normalized spacial score (nSPS) is 10.2. The van der Waals surface area contributed by atoms with Crippen LogP contribution < -0.4 is 10.6 Å². The second kappa shape index (κ2) is 7.15. The van der Waals surface area contributed by atoms with Crippen LogP contribution in [-0.4, -0.2) is 6.03 Å². The molecule has 2 rings (SSSR count). The Morgan fingerprint density at radius 3 is 2.65 bits per heavy atom. The molecule has 2 amide bonds. The van der Waals surface area contributed by atoms with Crippen LogP contribution in [-0.2, 0) is 6.54 Å². The van der Waals surface area contributed by atoms with E-state index >= 15 is 0 Å². The van der Waals surface area contributed by atoms with Crippen molar-refractivity contribution in [2.75, 3.05) is 5.32 Å². The standard InChI is InChI=1S/C14H11Cl2IN2O/c15-10-4-5-13(12(16)7-10)19-14(20)18-8-9-2-1-3-11(17)6-9/h1-7H,8H2,(H2,18,19,20). The van der Waals surface area contributed by atoms with Gasteiger partial charge in [0.1, 0.15) is 0 Å². The number of hydrogen-bond donors (Lipinski definition) is 2. The van der Waals surface area contributed by atoms with Crippen LogP contribution >= 0.6 is 45.8 Å². The summed E-state index contributed by atoms with van der Waals surface area (Å²) in [6.45, 7) is 0.452. The first-order valence-electron chi connectivity index (χ1n) is 5.79. The van der Waals surface area contributed by atoms with Gasteiger partial charge in [-0.05, 0) is 58.5 Å². The van der Waals surface area contributed by atoms with Crippen molar-refractivity contribution in [3.05, 3.63) is 61.6 Å². The van der Waals surface area contributed by atoms with Gasteiger partial charge in [-0.15, -0.1) is 0 Å². The lowest BCUT2D eigenvalue weighted by Crippen LogP contribution is -2.28. The zero-order chi connectivity index (χ0) is 14.5. The Hall–Kier alpha value is -0.980. The summed E-state index contributed by atoms with van der Waals surface area (Å²) in [7, 11) is 0. The molecule has 0 spiro atoms. The number of anilines is 1. The Bertz CT molecular complexity index is 634. The van der Waals surface area contributed by atoms with E-state index in [4.69, 9.17) is 23.2 Å². The van der Waals surface area contributed by atoms with Crippen LogP contribution in [0.25, 0.3) is 0 Å². The molecule has 0 saturated heterocycles. The summed E-state index contributed by atoms with van der Waals surface area (Å²) < 4.78 is 1.13. The minimum absolute atomic E-state index is 0.312. The predicted molar refractivity (Wildman–Crippen MR) is 91.5 cm³/mol. The molecule has 0 radical (unpaired) electrons. The van der Waals surface area contributed by atoms with Gasteiger partial charge >= 0.3 is 6.03 Å². The fraction of sp³-hybridized carbons (Fsp3) is 0.0714. The van der Waals surface area contributed by atoms with E-state index in [9.17, 15) is 4.79 Å². The molecule has 6 heteroatoms. The van der Waals surface area contributed by atoms with Crippen LogP contribution in [0.2, 0.25) is 10.0 Å². The molecule has 0 bridgehead atoms. The van der Waals surface area contributed by atoms with Crippen LogP contribution in [0.15, 0.2) is 42.5 Å². The summed E-state index contributed by atoms with van der Waals surface area (Å²) in [5.74, 6) is 0. The van der Waals surface area contributed by atoms with Crippen molar-refractivity contribution >= 4 is 57.5 Å². The molecule has 0 atom stereocenters. The van der Waals surface area contributed by atoms with Crippen molar-refractivity contribution in [1.29, 1.82) is 0 Å². The molecule has 2 N–H and O–H groups in total. The third-order valence-corrected chi connectivity index (χ3v) is 3.74. The molecular weight excluding hydrogens is 410 g/mol. The van der Waals surface area contributed by atoms with Crippen molar-refractivity contribution in [1.82, 2.24) is 5.32 Å². The highest BCUT2D eigenvalue weighted by Crippen LogP contribution is 2.25. The molecule has 2 aromatic carbocycles. The van der Waals surface area contributed by atoms with Gasteiger partial charge in [0.25, 0.3) is 0 Å². The molecule has 0 fully saturated rings. The third-order valence-electron chi connectivity index (χ3n) is 2.52. The lowest BCUT2D eigenvalue weighted by molar-refractivity contribution is 0.251. The van der Waals surface area contributed by atoms with Gasteiger partial charge in [-0.1, -0.05) is 35.3 Å². The highest BCUT2D eigenvalue weighted by atomic mass is 127. The highest BCUT2D eigenvalue weighted by molar-refractivity contribution is 14.1. The average molecular weight is 421 g/mol.